The van der Waals surface area contributed by atoms with E-state index in [1.807, 2.05) is 6.92 Å². The van der Waals surface area contributed by atoms with Crippen LogP contribution >= 0.6 is 0 Å². The van der Waals surface area contributed by atoms with Crippen molar-refractivity contribution in [1.29, 1.82) is 0 Å². The van der Waals surface area contributed by atoms with E-state index in [2.05, 4.69) is 14.9 Å². The summed E-state index contributed by atoms with van der Waals surface area (Å²) in [5, 5.41) is 9.47. The third-order valence-electron chi connectivity index (χ3n) is 2.84. The first-order valence-corrected chi connectivity index (χ1v) is 5.45. The molecule has 82 valence electrons. The zero-order valence-electron chi connectivity index (χ0n) is 9.27. The van der Waals surface area contributed by atoms with E-state index in [1.54, 1.807) is 13.1 Å². The summed E-state index contributed by atoms with van der Waals surface area (Å²) < 4.78 is 0. The van der Waals surface area contributed by atoms with Crippen molar-refractivity contribution in [2.45, 2.75) is 32.8 Å². The molecule has 1 aliphatic heterocycles. The Balaban J connectivity index is 2.24. The maximum absolute atomic E-state index is 9.47. The Morgan fingerprint density at radius 1 is 1.40 bits per heavy atom. The largest absolute Gasteiger partial charge is 0.389 e. The smallest absolute Gasteiger partial charge is 0.225 e. The number of aryl methyl sites for hydroxylation is 1. The number of anilines is 1. The monoisotopic (exact) mass is 207 g/mol. The van der Waals surface area contributed by atoms with Gasteiger partial charge in [0.1, 0.15) is 0 Å². The van der Waals surface area contributed by atoms with Gasteiger partial charge in [-0.1, -0.05) is 0 Å². The summed E-state index contributed by atoms with van der Waals surface area (Å²) in [6.45, 7) is 5.76. The molecule has 1 unspecified atom stereocenters. The van der Waals surface area contributed by atoms with E-state index in [1.165, 1.54) is 12.8 Å². The first-order valence-electron chi connectivity index (χ1n) is 5.45. The number of rotatable bonds is 2. The number of hydrogen-bond acceptors (Lipinski definition) is 4. The first-order chi connectivity index (χ1) is 7.18. The SMILES string of the molecule is Cc1nc(N2CCCC2)ncc1C(C)O. The van der Waals surface area contributed by atoms with E-state index >= 15 is 0 Å². The molecule has 0 aliphatic carbocycles. The van der Waals surface area contributed by atoms with Crippen LogP contribution in [0.15, 0.2) is 6.20 Å². The Kier molecular flexibility index (Phi) is 2.86. The molecule has 1 aromatic rings. The molecule has 1 atom stereocenters. The lowest BCUT2D eigenvalue weighted by Gasteiger charge is -2.16. The summed E-state index contributed by atoms with van der Waals surface area (Å²) in [5.74, 6) is 0.800. The molecule has 2 heterocycles. The Hall–Kier alpha value is -1.16. The van der Waals surface area contributed by atoms with Gasteiger partial charge in [0.15, 0.2) is 0 Å². The topological polar surface area (TPSA) is 49.2 Å². The molecule has 4 heteroatoms. The lowest BCUT2D eigenvalue weighted by Crippen LogP contribution is -2.21. The van der Waals surface area contributed by atoms with Gasteiger partial charge in [0.25, 0.3) is 0 Å². The molecule has 0 spiro atoms. The average Bonchev–Trinajstić information content (AvgIpc) is 2.69. The van der Waals surface area contributed by atoms with Crippen molar-refractivity contribution in [1.82, 2.24) is 9.97 Å². The van der Waals surface area contributed by atoms with Gasteiger partial charge in [0.05, 0.1) is 6.10 Å². The molecule has 1 aromatic heterocycles. The molecule has 1 fully saturated rings. The van der Waals surface area contributed by atoms with Gasteiger partial charge in [-0.3, -0.25) is 0 Å². The molecule has 1 saturated heterocycles. The van der Waals surface area contributed by atoms with E-state index in [9.17, 15) is 5.11 Å². The zero-order chi connectivity index (χ0) is 10.8. The van der Waals surface area contributed by atoms with E-state index < -0.39 is 6.10 Å². The second-order valence-corrected chi connectivity index (χ2v) is 4.08. The number of nitrogens with zero attached hydrogens (tertiary/aromatic N) is 3. The van der Waals surface area contributed by atoms with Gasteiger partial charge < -0.3 is 10.0 Å². The van der Waals surface area contributed by atoms with E-state index in [4.69, 9.17) is 0 Å². The number of aromatic nitrogens is 2. The van der Waals surface area contributed by atoms with Crippen LogP contribution in [0.2, 0.25) is 0 Å². The quantitative estimate of drug-likeness (QED) is 0.797. The Bertz CT molecular complexity index is 346. The van der Waals surface area contributed by atoms with E-state index in [0.717, 1.165) is 30.3 Å². The number of aliphatic hydroxyl groups is 1. The summed E-state index contributed by atoms with van der Waals surface area (Å²) >= 11 is 0. The van der Waals surface area contributed by atoms with Crippen molar-refractivity contribution >= 4 is 5.95 Å². The third kappa shape index (κ3) is 2.09. The van der Waals surface area contributed by atoms with Crippen LogP contribution in [0.3, 0.4) is 0 Å². The van der Waals surface area contributed by atoms with Gasteiger partial charge in [0, 0.05) is 30.5 Å². The van der Waals surface area contributed by atoms with Gasteiger partial charge in [-0.25, -0.2) is 9.97 Å². The molecule has 1 N–H and O–H groups in total. The van der Waals surface area contributed by atoms with Crippen LogP contribution in [-0.4, -0.2) is 28.2 Å². The maximum Gasteiger partial charge on any atom is 0.225 e. The summed E-state index contributed by atoms with van der Waals surface area (Å²) in [5.41, 5.74) is 1.69. The highest BCUT2D eigenvalue weighted by Crippen LogP contribution is 2.19. The molecular weight excluding hydrogens is 190 g/mol. The van der Waals surface area contributed by atoms with Crippen molar-refractivity contribution < 1.29 is 5.11 Å². The molecule has 0 amide bonds. The van der Waals surface area contributed by atoms with Crippen molar-refractivity contribution in [3.8, 4) is 0 Å². The molecule has 15 heavy (non-hydrogen) atoms. The second-order valence-electron chi connectivity index (χ2n) is 4.08. The number of hydrogen-bond donors (Lipinski definition) is 1. The molecule has 0 radical (unpaired) electrons. The summed E-state index contributed by atoms with van der Waals surface area (Å²) in [6.07, 6.45) is 3.69. The van der Waals surface area contributed by atoms with Crippen LogP contribution in [0.4, 0.5) is 5.95 Å². The minimum atomic E-state index is -0.488. The van der Waals surface area contributed by atoms with E-state index in [0.29, 0.717) is 0 Å². The fraction of sp³-hybridized carbons (Fsp3) is 0.636. The lowest BCUT2D eigenvalue weighted by molar-refractivity contribution is 0.197. The Morgan fingerprint density at radius 3 is 2.60 bits per heavy atom. The highest BCUT2D eigenvalue weighted by molar-refractivity contribution is 5.34. The van der Waals surface area contributed by atoms with Crippen LogP contribution in [0.5, 0.6) is 0 Å². The highest BCUT2D eigenvalue weighted by atomic mass is 16.3. The normalized spacial score (nSPS) is 18.2. The van der Waals surface area contributed by atoms with Crippen molar-refractivity contribution in [3.05, 3.63) is 17.5 Å². The second kappa shape index (κ2) is 4.14. The maximum atomic E-state index is 9.47. The van der Waals surface area contributed by atoms with E-state index in [-0.39, 0.29) is 0 Å². The minimum absolute atomic E-state index is 0.488. The molecule has 2 rings (SSSR count). The van der Waals surface area contributed by atoms with Gasteiger partial charge in [-0.05, 0) is 26.7 Å². The van der Waals surface area contributed by atoms with Gasteiger partial charge >= 0.3 is 0 Å². The molecule has 0 aromatic carbocycles. The fourth-order valence-electron chi connectivity index (χ4n) is 1.94. The van der Waals surface area contributed by atoms with Crippen molar-refractivity contribution in [3.63, 3.8) is 0 Å². The highest BCUT2D eigenvalue weighted by Gasteiger charge is 2.16. The molecule has 0 bridgehead atoms. The average molecular weight is 207 g/mol. The Labute approximate surface area is 90.0 Å². The van der Waals surface area contributed by atoms with Gasteiger partial charge in [0.2, 0.25) is 5.95 Å². The van der Waals surface area contributed by atoms with Crippen LogP contribution in [0, 0.1) is 6.92 Å². The predicted octanol–water partition coefficient (Wildman–Crippen LogP) is 1.44. The van der Waals surface area contributed by atoms with Crippen LogP contribution in [0.25, 0.3) is 0 Å². The molecular formula is C11H17N3O. The summed E-state index contributed by atoms with van der Waals surface area (Å²) in [6, 6.07) is 0. The first kappa shape index (κ1) is 10.4. The fourth-order valence-corrected chi connectivity index (χ4v) is 1.94. The van der Waals surface area contributed by atoms with Crippen LogP contribution in [0.1, 0.15) is 37.1 Å². The standard InChI is InChI=1S/C11H17N3O/c1-8-10(9(2)15)7-12-11(13-8)14-5-3-4-6-14/h7,9,15H,3-6H2,1-2H3. The summed E-state index contributed by atoms with van der Waals surface area (Å²) in [4.78, 5) is 10.9. The van der Waals surface area contributed by atoms with Gasteiger partial charge in [-0.2, -0.15) is 0 Å². The van der Waals surface area contributed by atoms with Crippen molar-refractivity contribution in [2.75, 3.05) is 18.0 Å². The predicted molar refractivity (Wildman–Crippen MR) is 58.8 cm³/mol. The summed E-state index contributed by atoms with van der Waals surface area (Å²) in [7, 11) is 0. The molecule has 0 saturated carbocycles. The van der Waals surface area contributed by atoms with Gasteiger partial charge in [-0.15, -0.1) is 0 Å². The lowest BCUT2D eigenvalue weighted by atomic mass is 10.1. The number of aliphatic hydroxyl groups excluding tert-OH is 1. The Morgan fingerprint density at radius 2 is 2.07 bits per heavy atom. The minimum Gasteiger partial charge on any atom is -0.389 e. The van der Waals surface area contributed by atoms with Crippen molar-refractivity contribution in [2.24, 2.45) is 0 Å². The zero-order valence-corrected chi connectivity index (χ0v) is 9.27. The van der Waals surface area contributed by atoms with Crippen LogP contribution in [-0.2, 0) is 0 Å². The third-order valence-corrected chi connectivity index (χ3v) is 2.84. The molecule has 4 nitrogen and oxygen atoms in total. The molecule has 1 aliphatic rings. The van der Waals surface area contributed by atoms with Crippen LogP contribution < -0.4 is 4.90 Å².